The van der Waals surface area contributed by atoms with Gasteiger partial charge in [-0.25, -0.2) is 4.79 Å². The molecule has 340 valence electrons. The highest BCUT2D eigenvalue weighted by Crippen LogP contribution is 2.11. The Balaban J connectivity index is 4.55. The molecular weight excluding hydrogens is 755 g/mol. The minimum absolute atomic E-state index is 0.170. The molecule has 0 aromatic rings. The van der Waals surface area contributed by atoms with Gasteiger partial charge in [-0.1, -0.05) is 143 Å². The predicted molar refractivity (Wildman–Crippen MR) is 248 cm³/mol. The molecule has 0 amide bonds. The van der Waals surface area contributed by atoms with Gasteiger partial charge in [0.2, 0.25) is 0 Å². The van der Waals surface area contributed by atoms with Gasteiger partial charge in [-0.05, 0) is 89.9 Å². The van der Waals surface area contributed by atoms with E-state index in [1.807, 2.05) is 27.2 Å². The zero-order chi connectivity index (χ0) is 44.2. The lowest BCUT2D eigenvalue weighted by atomic mass is 10.1. The van der Waals surface area contributed by atoms with Crippen LogP contribution in [-0.4, -0.2) is 87.4 Å². The lowest BCUT2D eigenvalue weighted by molar-refractivity contribution is -0.870. The molecule has 0 saturated carbocycles. The van der Waals surface area contributed by atoms with Crippen LogP contribution in [0.5, 0.6) is 0 Å². The largest absolute Gasteiger partial charge is 0.477 e. The number of esters is 2. The number of allylic oxidation sites excluding steroid dienone is 16. The van der Waals surface area contributed by atoms with Gasteiger partial charge in [0.1, 0.15) is 13.2 Å². The van der Waals surface area contributed by atoms with E-state index in [1.165, 1.54) is 19.3 Å². The summed E-state index contributed by atoms with van der Waals surface area (Å²) in [5, 5.41) is 9.63. The number of quaternary nitrogens is 1. The summed E-state index contributed by atoms with van der Waals surface area (Å²) in [6, 6.07) is 0. The number of aliphatic carboxylic acids is 1. The van der Waals surface area contributed by atoms with Crippen molar-refractivity contribution in [2.45, 2.75) is 161 Å². The third kappa shape index (κ3) is 42.3. The van der Waals surface area contributed by atoms with E-state index in [2.05, 4.69) is 105 Å². The number of unbranched alkanes of at least 4 members (excludes halogenated alkanes) is 9. The van der Waals surface area contributed by atoms with Crippen molar-refractivity contribution >= 4 is 17.9 Å². The van der Waals surface area contributed by atoms with Crippen LogP contribution in [0.4, 0.5) is 0 Å². The SMILES string of the molecule is CC/C=C\C/C=C\C/C=C\C/C=C\C/C=C\C/C=C\C/C=C\CCCC(=O)OC(COC(=O)CCCCCCC/C=C\CCCCC)COC(OCC[N+](C)(C)C)C(=O)O. The molecule has 0 aliphatic heterocycles. The van der Waals surface area contributed by atoms with Crippen LogP contribution in [0.3, 0.4) is 0 Å². The Morgan fingerprint density at radius 2 is 0.967 bits per heavy atom. The van der Waals surface area contributed by atoms with Crippen molar-refractivity contribution in [2.24, 2.45) is 0 Å². The zero-order valence-electron chi connectivity index (χ0n) is 38.3. The van der Waals surface area contributed by atoms with Gasteiger partial charge >= 0.3 is 17.9 Å². The number of carbonyl (C=O) groups is 3. The van der Waals surface area contributed by atoms with E-state index in [9.17, 15) is 19.5 Å². The number of carbonyl (C=O) groups excluding carboxylic acids is 2. The maximum Gasteiger partial charge on any atom is 0.361 e. The monoisotopic (exact) mass is 839 g/mol. The predicted octanol–water partition coefficient (Wildman–Crippen LogP) is 12.3. The third-order valence-corrected chi connectivity index (χ3v) is 9.07. The summed E-state index contributed by atoms with van der Waals surface area (Å²) in [6.45, 7) is 4.62. The van der Waals surface area contributed by atoms with Crippen LogP contribution < -0.4 is 0 Å². The van der Waals surface area contributed by atoms with Gasteiger partial charge in [0, 0.05) is 12.8 Å². The fourth-order valence-electron chi connectivity index (χ4n) is 5.52. The van der Waals surface area contributed by atoms with Gasteiger partial charge in [0.05, 0.1) is 34.4 Å². The van der Waals surface area contributed by atoms with Crippen LogP contribution in [0.15, 0.2) is 97.2 Å². The fraction of sp³-hybridized carbons (Fsp3) is 0.627. The van der Waals surface area contributed by atoms with Crippen molar-refractivity contribution in [2.75, 3.05) is 47.5 Å². The van der Waals surface area contributed by atoms with E-state index in [1.54, 1.807) is 0 Å². The van der Waals surface area contributed by atoms with Gasteiger partial charge in [-0.3, -0.25) is 9.59 Å². The topological polar surface area (TPSA) is 108 Å². The van der Waals surface area contributed by atoms with Crippen LogP contribution in [-0.2, 0) is 33.3 Å². The molecule has 0 radical (unpaired) electrons. The van der Waals surface area contributed by atoms with Crippen molar-refractivity contribution in [3.05, 3.63) is 97.2 Å². The second-order valence-electron chi connectivity index (χ2n) is 16.0. The van der Waals surface area contributed by atoms with Gasteiger partial charge in [0.15, 0.2) is 6.10 Å². The maximum absolute atomic E-state index is 12.7. The first-order valence-electron chi connectivity index (χ1n) is 22.9. The van der Waals surface area contributed by atoms with Crippen LogP contribution in [0, 0.1) is 0 Å². The summed E-state index contributed by atoms with van der Waals surface area (Å²) >= 11 is 0. The number of ether oxygens (including phenoxy) is 4. The van der Waals surface area contributed by atoms with Crippen molar-refractivity contribution in [1.82, 2.24) is 0 Å². The Morgan fingerprint density at radius 3 is 1.48 bits per heavy atom. The van der Waals surface area contributed by atoms with Gasteiger partial charge in [-0.15, -0.1) is 0 Å². The highest BCUT2D eigenvalue weighted by Gasteiger charge is 2.25. The molecule has 0 spiro atoms. The van der Waals surface area contributed by atoms with Gasteiger partial charge in [-0.2, -0.15) is 0 Å². The molecule has 0 saturated heterocycles. The number of nitrogens with zero attached hydrogens (tertiary/aromatic N) is 1. The van der Waals surface area contributed by atoms with E-state index in [0.717, 1.165) is 89.9 Å². The Bertz CT molecular complexity index is 1300. The first-order chi connectivity index (χ1) is 29.1. The molecule has 0 aromatic carbocycles. The molecule has 0 fully saturated rings. The van der Waals surface area contributed by atoms with E-state index in [-0.39, 0.29) is 38.6 Å². The number of hydrogen-bond donors (Lipinski definition) is 1. The fourth-order valence-corrected chi connectivity index (χ4v) is 5.52. The van der Waals surface area contributed by atoms with Crippen LogP contribution in [0.1, 0.15) is 149 Å². The first-order valence-corrected chi connectivity index (χ1v) is 22.9. The number of carboxylic acids is 1. The summed E-state index contributed by atoms with van der Waals surface area (Å²) in [6.07, 6.45) is 51.9. The van der Waals surface area contributed by atoms with Crippen LogP contribution in [0.2, 0.25) is 0 Å². The molecule has 9 heteroatoms. The van der Waals surface area contributed by atoms with Crippen LogP contribution in [0.25, 0.3) is 0 Å². The number of rotatable bonds is 40. The molecule has 0 bridgehead atoms. The molecule has 0 aliphatic carbocycles. The minimum Gasteiger partial charge on any atom is -0.477 e. The molecule has 9 nitrogen and oxygen atoms in total. The highest BCUT2D eigenvalue weighted by molar-refractivity contribution is 5.71. The third-order valence-electron chi connectivity index (χ3n) is 9.07. The molecule has 0 aliphatic rings. The Labute approximate surface area is 365 Å². The normalized spacial score (nSPS) is 13.8. The van der Waals surface area contributed by atoms with Gasteiger partial charge in [0.25, 0.3) is 6.29 Å². The molecule has 1 N–H and O–H groups in total. The average molecular weight is 839 g/mol. The van der Waals surface area contributed by atoms with Crippen molar-refractivity contribution in [1.29, 1.82) is 0 Å². The average Bonchev–Trinajstić information content (AvgIpc) is 3.21. The number of carboxylic acid groups (broad SMARTS) is 1. The lowest BCUT2D eigenvalue weighted by Crippen LogP contribution is -2.40. The Morgan fingerprint density at radius 1 is 0.517 bits per heavy atom. The molecule has 0 aromatic heterocycles. The smallest absolute Gasteiger partial charge is 0.361 e. The summed E-state index contributed by atoms with van der Waals surface area (Å²) in [7, 11) is 5.92. The Kier molecular flexibility index (Phi) is 39.3. The molecule has 0 heterocycles. The minimum atomic E-state index is -1.53. The highest BCUT2D eigenvalue weighted by atomic mass is 16.7. The molecular formula is C51H84NO8+. The molecule has 2 unspecified atom stereocenters. The summed E-state index contributed by atoms with van der Waals surface area (Å²) in [4.78, 5) is 37.1. The van der Waals surface area contributed by atoms with E-state index in [4.69, 9.17) is 18.9 Å². The second-order valence-corrected chi connectivity index (χ2v) is 16.0. The molecule has 0 rings (SSSR count). The number of hydrogen-bond acceptors (Lipinski definition) is 7. The quantitative estimate of drug-likeness (QED) is 0.0214. The number of likely N-dealkylation sites (N-methyl/N-ethyl adjacent to an activating group) is 1. The first kappa shape index (κ1) is 56.2. The summed E-state index contributed by atoms with van der Waals surface area (Å²) < 4.78 is 22.6. The molecule has 60 heavy (non-hydrogen) atoms. The maximum atomic E-state index is 12.7. The summed E-state index contributed by atoms with van der Waals surface area (Å²) in [5.74, 6) is -2.12. The van der Waals surface area contributed by atoms with E-state index in [0.29, 0.717) is 23.9 Å². The second kappa shape index (κ2) is 41.9. The lowest BCUT2D eigenvalue weighted by Gasteiger charge is -2.25. The van der Waals surface area contributed by atoms with Crippen molar-refractivity contribution in [3.63, 3.8) is 0 Å². The van der Waals surface area contributed by atoms with Crippen LogP contribution >= 0.6 is 0 Å². The van der Waals surface area contributed by atoms with E-state index >= 15 is 0 Å². The Hall–Kier alpha value is -3.79. The van der Waals surface area contributed by atoms with E-state index < -0.39 is 24.3 Å². The molecule has 2 atom stereocenters. The standard InChI is InChI=1S/C51H83NO8/c1-6-8-10-12-14-16-18-20-21-22-23-24-25-26-27-28-29-30-32-34-36-38-40-42-49(54)60-47(46-59-51(50(55)56)57-44-43-52(3,4)5)45-58-48(53)41-39-37-35-33-31-19-17-15-13-11-9-7-2/h8,10,14-17,20-21,23-24,26-27,29-30,34,36,47,51H,6-7,9,11-13,18-19,22,25,28,31-33,35,37-46H2,1-5H3/p+1/b10-8-,16-14-,17-15-,21-20-,24-23-,27-26-,30-29-,36-34-. The van der Waals surface area contributed by atoms with Crippen molar-refractivity contribution < 1.29 is 42.9 Å². The van der Waals surface area contributed by atoms with Crippen molar-refractivity contribution in [3.8, 4) is 0 Å². The van der Waals surface area contributed by atoms with Gasteiger partial charge < -0.3 is 28.5 Å². The zero-order valence-corrected chi connectivity index (χ0v) is 38.3. The summed E-state index contributed by atoms with van der Waals surface area (Å²) in [5.41, 5.74) is 0.